The average molecular weight is 307 g/mol. The molecule has 0 aromatic heterocycles. The van der Waals surface area contributed by atoms with Crippen molar-refractivity contribution >= 4 is 21.6 Å². The van der Waals surface area contributed by atoms with Crippen molar-refractivity contribution in [2.75, 3.05) is 12.3 Å². The highest BCUT2D eigenvalue weighted by Crippen LogP contribution is 2.21. The van der Waals surface area contributed by atoms with Gasteiger partial charge in [-0.3, -0.25) is 4.79 Å². The van der Waals surface area contributed by atoms with Crippen molar-refractivity contribution in [3.8, 4) is 0 Å². The summed E-state index contributed by atoms with van der Waals surface area (Å²) in [5, 5.41) is 2.41. The van der Waals surface area contributed by atoms with Gasteiger partial charge in [-0.15, -0.1) is 0 Å². The number of nitrogens with two attached hydrogens (primary N) is 1. The Balaban J connectivity index is 3.06. The highest BCUT2D eigenvalue weighted by Gasteiger charge is 2.25. The number of rotatable bonds is 5. The van der Waals surface area contributed by atoms with E-state index in [9.17, 15) is 22.0 Å². The minimum atomic E-state index is -4.33. The summed E-state index contributed by atoms with van der Waals surface area (Å²) in [6.07, 6.45) is 0. The third-order valence-corrected chi connectivity index (χ3v) is 3.97. The number of carbonyl (C=O) groups excluding carboxylic acids is 1. The second-order valence-corrected chi connectivity index (χ2v) is 5.72. The van der Waals surface area contributed by atoms with Crippen LogP contribution < -0.4 is 15.8 Å². The zero-order valence-electron chi connectivity index (χ0n) is 10.9. The Morgan fingerprint density at radius 2 is 1.95 bits per heavy atom. The average Bonchev–Trinajstić information content (AvgIpc) is 2.33. The first-order valence-corrected chi connectivity index (χ1v) is 7.22. The summed E-state index contributed by atoms with van der Waals surface area (Å²) in [6, 6.07) is -0.0661. The standard InChI is InChI=1S/C11H15F2N3O3S/c1-3-15-11(17)6(2)16-20(18,19)10-5-9(14)7(12)4-8(10)13/h4-6,16H,3,14H2,1-2H3,(H,15,17). The van der Waals surface area contributed by atoms with E-state index in [4.69, 9.17) is 5.73 Å². The lowest BCUT2D eigenvalue weighted by Crippen LogP contribution is -2.44. The van der Waals surface area contributed by atoms with Gasteiger partial charge in [-0.05, 0) is 19.9 Å². The van der Waals surface area contributed by atoms with Crippen LogP contribution in [0.15, 0.2) is 17.0 Å². The molecule has 1 aromatic rings. The van der Waals surface area contributed by atoms with Crippen molar-refractivity contribution in [1.29, 1.82) is 0 Å². The first-order chi connectivity index (χ1) is 9.19. The van der Waals surface area contributed by atoms with Crippen LogP contribution in [0.25, 0.3) is 0 Å². The number of sulfonamides is 1. The molecule has 1 rings (SSSR count). The van der Waals surface area contributed by atoms with E-state index in [2.05, 4.69) is 5.32 Å². The van der Waals surface area contributed by atoms with Crippen LogP contribution in [0.3, 0.4) is 0 Å². The molecule has 112 valence electrons. The van der Waals surface area contributed by atoms with E-state index in [1.165, 1.54) is 6.92 Å². The molecule has 0 aliphatic rings. The van der Waals surface area contributed by atoms with Crippen molar-refractivity contribution in [3.05, 3.63) is 23.8 Å². The van der Waals surface area contributed by atoms with Crippen LogP contribution in [0.5, 0.6) is 0 Å². The lowest BCUT2D eigenvalue weighted by atomic mass is 10.3. The molecule has 0 aliphatic heterocycles. The number of hydrogen-bond donors (Lipinski definition) is 3. The summed E-state index contributed by atoms with van der Waals surface area (Å²) < 4.78 is 52.3. The highest BCUT2D eigenvalue weighted by atomic mass is 32.2. The molecule has 1 unspecified atom stereocenters. The van der Waals surface area contributed by atoms with Gasteiger partial charge in [0.15, 0.2) is 0 Å². The Morgan fingerprint density at radius 3 is 2.50 bits per heavy atom. The van der Waals surface area contributed by atoms with E-state index in [0.29, 0.717) is 18.7 Å². The van der Waals surface area contributed by atoms with E-state index in [1.807, 2.05) is 4.72 Å². The molecule has 1 aromatic carbocycles. The summed E-state index contributed by atoms with van der Waals surface area (Å²) in [7, 11) is -4.33. The van der Waals surface area contributed by atoms with E-state index in [1.54, 1.807) is 6.92 Å². The number of anilines is 1. The molecule has 0 heterocycles. The van der Waals surface area contributed by atoms with Gasteiger partial charge in [-0.25, -0.2) is 17.2 Å². The van der Waals surface area contributed by atoms with Gasteiger partial charge in [0.2, 0.25) is 15.9 Å². The lowest BCUT2D eigenvalue weighted by Gasteiger charge is -2.14. The minimum Gasteiger partial charge on any atom is -0.396 e. The van der Waals surface area contributed by atoms with Gasteiger partial charge < -0.3 is 11.1 Å². The second-order valence-electron chi connectivity index (χ2n) is 4.04. The highest BCUT2D eigenvalue weighted by molar-refractivity contribution is 7.89. The van der Waals surface area contributed by atoms with Crippen LogP contribution >= 0.6 is 0 Å². The molecule has 1 amide bonds. The van der Waals surface area contributed by atoms with Gasteiger partial charge in [-0.2, -0.15) is 4.72 Å². The maximum atomic E-state index is 13.5. The van der Waals surface area contributed by atoms with Crippen LogP contribution in [0.2, 0.25) is 0 Å². The number of amides is 1. The molecule has 4 N–H and O–H groups in total. The number of halogens is 2. The van der Waals surface area contributed by atoms with Crippen LogP contribution in [0.4, 0.5) is 14.5 Å². The quantitative estimate of drug-likeness (QED) is 0.683. The fraction of sp³-hybridized carbons (Fsp3) is 0.364. The molecule has 0 spiro atoms. The summed E-state index contributed by atoms with van der Waals surface area (Å²) >= 11 is 0. The fourth-order valence-corrected chi connectivity index (χ4v) is 2.73. The monoisotopic (exact) mass is 307 g/mol. The number of hydrogen-bond acceptors (Lipinski definition) is 4. The second kappa shape index (κ2) is 6.14. The third kappa shape index (κ3) is 3.64. The van der Waals surface area contributed by atoms with Gasteiger partial charge in [-0.1, -0.05) is 0 Å². The molecule has 6 nitrogen and oxygen atoms in total. The van der Waals surface area contributed by atoms with Crippen molar-refractivity contribution < 1.29 is 22.0 Å². The molecule has 0 bridgehead atoms. The Bertz CT molecular complexity index is 620. The Morgan fingerprint density at radius 1 is 1.35 bits per heavy atom. The molecule has 0 aliphatic carbocycles. The molecule has 0 saturated carbocycles. The van der Waals surface area contributed by atoms with Gasteiger partial charge in [0.05, 0.1) is 11.7 Å². The van der Waals surface area contributed by atoms with Crippen molar-refractivity contribution in [3.63, 3.8) is 0 Å². The normalized spacial score (nSPS) is 13.0. The summed E-state index contributed by atoms with van der Waals surface area (Å²) in [4.78, 5) is 10.6. The molecule has 9 heteroatoms. The molecule has 0 saturated heterocycles. The smallest absolute Gasteiger partial charge is 0.244 e. The van der Waals surface area contributed by atoms with Gasteiger partial charge in [0.25, 0.3) is 0 Å². The molecular formula is C11H15F2N3O3S. The van der Waals surface area contributed by atoms with E-state index in [0.717, 1.165) is 0 Å². The first-order valence-electron chi connectivity index (χ1n) is 5.73. The summed E-state index contributed by atoms with van der Waals surface area (Å²) in [5.41, 5.74) is 4.71. The number of nitrogens with one attached hydrogen (secondary N) is 2. The van der Waals surface area contributed by atoms with Gasteiger partial charge in [0.1, 0.15) is 16.5 Å². The fourth-order valence-electron chi connectivity index (χ4n) is 1.43. The van der Waals surface area contributed by atoms with Crippen LogP contribution in [-0.4, -0.2) is 26.9 Å². The van der Waals surface area contributed by atoms with Crippen molar-refractivity contribution in [2.45, 2.75) is 24.8 Å². The summed E-state index contributed by atoms with van der Waals surface area (Å²) in [5.74, 6) is -2.91. The molecule has 1 atom stereocenters. The Labute approximate surface area is 115 Å². The maximum Gasteiger partial charge on any atom is 0.244 e. The maximum absolute atomic E-state index is 13.5. The first kappa shape index (κ1) is 16.3. The molecular weight excluding hydrogens is 292 g/mol. The number of nitrogen functional groups attached to an aromatic ring is 1. The van der Waals surface area contributed by atoms with Crippen LogP contribution in [-0.2, 0) is 14.8 Å². The topological polar surface area (TPSA) is 101 Å². The van der Waals surface area contributed by atoms with Crippen molar-refractivity contribution in [2.24, 2.45) is 0 Å². The Hall–Kier alpha value is -1.74. The zero-order valence-corrected chi connectivity index (χ0v) is 11.7. The largest absolute Gasteiger partial charge is 0.396 e. The predicted octanol–water partition coefficient (Wildman–Crippen LogP) is 0.350. The van der Waals surface area contributed by atoms with E-state index >= 15 is 0 Å². The summed E-state index contributed by atoms with van der Waals surface area (Å²) in [6.45, 7) is 3.29. The van der Waals surface area contributed by atoms with Crippen LogP contribution in [0.1, 0.15) is 13.8 Å². The number of carbonyl (C=O) groups is 1. The van der Waals surface area contributed by atoms with E-state index < -0.39 is 44.2 Å². The van der Waals surface area contributed by atoms with Crippen molar-refractivity contribution in [1.82, 2.24) is 10.0 Å². The molecule has 0 fully saturated rings. The van der Waals surface area contributed by atoms with Crippen LogP contribution in [0, 0.1) is 11.6 Å². The molecule has 0 radical (unpaired) electrons. The van der Waals surface area contributed by atoms with Gasteiger partial charge in [0, 0.05) is 12.6 Å². The lowest BCUT2D eigenvalue weighted by molar-refractivity contribution is -0.122. The third-order valence-electron chi connectivity index (χ3n) is 2.42. The predicted molar refractivity (Wildman–Crippen MR) is 69.2 cm³/mol. The SMILES string of the molecule is CCNC(=O)C(C)NS(=O)(=O)c1cc(N)c(F)cc1F. The van der Waals surface area contributed by atoms with Gasteiger partial charge >= 0.3 is 0 Å². The number of likely N-dealkylation sites (N-methyl/N-ethyl adjacent to an activating group) is 1. The molecule has 20 heavy (non-hydrogen) atoms. The zero-order chi connectivity index (χ0) is 15.5. The van der Waals surface area contributed by atoms with E-state index in [-0.39, 0.29) is 0 Å². The number of benzene rings is 1. The Kier molecular flexibility index (Phi) is 5.01. The minimum absolute atomic E-state index is 0.322.